The molecule has 0 saturated heterocycles. The maximum absolute atomic E-state index is 4.89. The molecule has 0 spiro atoms. The molecule has 0 bridgehead atoms. The minimum atomic E-state index is 0.542. The SMILES string of the molecule is CC(C)C(c1cccc(C2=CC=CC2)n1)C(C)C. The fourth-order valence-corrected chi connectivity index (χ4v) is 2.91. The third-order valence-electron chi connectivity index (χ3n) is 3.65. The number of rotatable bonds is 4. The molecule has 1 aliphatic carbocycles. The van der Waals surface area contributed by atoms with E-state index in [1.807, 2.05) is 0 Å². The van der Waals surface area contributed by atoms with E-state index in [-0.39, 0.29) is 0 Å². The molecule has 0 amide bonds. The molecule has 1 nitrogen and oxygen atoms in total. The van der Waals surface area contributed by atoms with Crippen molar-refractivity contribution in [2.75, 3.05) is 0 Å². The topological polar surface area (TPSA) is 12.9 Å². The lowest BCUT2D eigenvalue weighted by Gasteiger charge is -2.24. The van der Waals surface area contributed by atoms with Gasteiger partial charge < -0.3 is 0 Å². The van der Waals surface area contributed by atoms with Crippen molar-refractivity contribution >= 4 is 5.57 Å². The van der Waals surface area contributed by atoms with Gasteiger partial charge in [-0.1, -0.05) is 52.0 Å². The van der Waals surface area contributed by atoms with E-state index >= 15 is 0 Å². The van der Waals surface area contributed by atoms with Gasteiger partial charge in [-0.15, -0.1) is 0 Å². The number of allylic oxidation sites excluding steroid dienone is 4. The van der Waals surface area contributed by atoms with E-state index in [0.717, 1.165) is 12.1 Å². The summed E-state index contributed by atoms with van der Waals surface area (Å²) >= 11 is 0. The van der Waals surface area contributed by atoms with E-state index < -0.39 is 0 Å². The van der Waals surface area contributed by atoms with Crippen molar-refractivity contribution in [2.45, 2.75) is 40.0 Å². The van der Waals surface area contributed by atoms with E-state index in [9.17, 15) is 0 Å². The summed E-state index contributed by atoms with van der Waals surface area (Å²) < 4.78 is 0. The molecule has 1 heterocycles. The van der Waals surface area contributed by atoms with Crippen LogP contribution < -0.4 is 0 Å². The molecule has 0 fully saturated rings. The van der Waals surface area contributed by atoms with Gasteiger partial charge in [-0.05, 0) is 36.0 Å². The van der Waals surface area contributed by atoms with Crippen LogP contribution in [0.4, 0.5) is 0 Å². The summed E-state index contributed by atoms with van der Waals surface area (Å²) in [5.74, 6) is 1.80. The first-order valence-corrected chi connectivity index (χ1v) is 6.92. The highest BCUT2D eigenvalue weighted by molar-refractivity contribution is 5.68. The first-order chi connectivity index (χ1) is 8.59. The first-order valence-electron chi connectivity index (χ1n) is 6.92. The molecule has 1 aliphatic rings. The van der Waals surface area contributed by atoms with Crippen LogP contribution in [0.2, 0.25) is 0 Å². The van der Waals surface area contributed by atoms with Gasteiger partial charge in [0.05, 0.1) is 5.69 Å². The molecular formula is C17H23N. The third kappa shape index (κ3) is 2.72. The molecule has 96 valence electrons. The Bertz CT molecular complexity index is 458. The molecule has 0 N–H and O–H groups in total. The van der Waals surface area contributed by atoms with Gasteiger partial charge in [-0.3, -0.25) is 4.98 Å². The van der Waals surface area contributed by atoms with Gasteiger partial charge >= 0.3 is 0 Å². The Labute approximate surface area is 111 Å². The Morgan fingerprint density at radius 3 is 2.33 bits per heavy atom. The van der Waals surface area contributed by atoms with Gasteiger partial charge in [0, 0.05) is 11.6 Å². The van der Waals surface area contributed by atoms with Gasteiger partial charge in [0.25, 0.3) is 0 Å². The smallest absolute Gasteiger partial charge is 0.0668 e. The summed E-state index contributed by atoms with van der Waals surface area (Å²) in [6.45, 7) is 9.15. The average molecular weight is 241 g/mol. The Morgan fingerprint density at radius 2 is 1.78 bits per heavy atom. The number of pyridine rings is 1. The fourth-order valence-electron chi connectivity index (χ4n) is 2.91. The van der Waals surface area contributed by atoms with Crippen LogP contribution in [0.3, 0.4) is 0 Å². The Hall–Kier alpha value is -1.37. The Morgan fingerprint density at radius 1 is 1.06 bits per heavy atom. The minimum Gasteiger partial charge on any atom is -0.253 e. The molecule has 0 radical (unpaired) electrons. The van der Waals surface area contributed by atoms with Crippen molar-refractivity contribution < 1.29 is 0 Å². The molecule has 0 aliphatic heterocycles. The zero-order chi connectivity index (χ0) is 13.1. The second kappa shape index (κ2) is 5.51. The van der Waals surface area contributed by atoms with E-state index in [0.29, 0.717) is 17.8 Å². The molecule has 0 atom stereocenters. The van der Waals surface area contributed by atoms with Crippen molar-refractivity contribution in [3.63, 3.8) is 0 Å². The Kier molecular flexibility index (Phi) is 4.00. The molecule has 0 aromatic carbocycles. The fraction of sp³-hybridized carbons (Fsp3) is 0.471. The summed E-state index contributed by atoms with van der Waals surface area (Å²) in [5, 5.41) is 0. The van der Waals surface area contributed by atoms with E-state index in [4.69, 9.17) is 4.98 Å². The third-order valence-corrected chi connectivity index (χ3v) is 3.65. The number of hydrogen-bond donors (Lipinski definition) is 0. The highest BCUT2D eigenvalue weighted by atomic mass is 14.7. The van der Waals surface area contributed by atoms with Gasteiger partial charge in [-0.25, -0.2) is 0 Å². The minimum absolute atomic E-state index is 0.542. The largest absolute Gasteiger partial charge is 0.253 e. The highest BCUT2D eigenvalue weighted by Crippen LogP contribution is 2.32. The van der Waals surface area contributed by atoms with Crippen molar-refractivity contribution in [1.82, 2.24) is 4.98 Å². The summed E-state index contributed by atoms with van der Waals surface area (Å²) in [4.78, 5) is 4.89. The first kappa shape index (κ1) is 13.1. The maximum atomic E-state index is 4.89. The number of aromatic nitrogens is 1. The lowest BCUT2D eigenvalue weighted by molar-refractivity contribution is 0.380. The molecule has 0 saturated carbocycles. The van der Waals surface area contributed by atoms with E-state index in [2.05, 4.69) is 64.1 Å². The quantitative estimate of drug-likeness (QED) is 0.736. The van der Waals surface area contributed by atoms with Crippen molar-refractivity contribution in [3.8, 4) is 0 Å². The van der Waals surface area contributed by atoms with Crippen LogP contribution in [0.15, 0.2) is 36.4 Å². The lowest BCUT2D eigenvalue weighted by atomic mass is 9.82. The monoisotopic (exact) mass is 241 g/mol. The van der Waals surface area contributed by atoms with Crippen LogP contribution in [-0.2, 0) is 0 Å². The Balaban J connectivity index is 2.31. The van der Waals surface area contributed by atoms with Gasteiger partial charge in [0.15, 0.2) is 0 Å². The zero-order valence-corrected chi connectivity index (χ0v) is 11.9. The summed E-state index contributed by atoms with van der Waals surface area (Å²) in [5.41, 5.74) is 3.72. The number of nitrogens with zero attached hydrogens (tertiary/aromatic N) is 1. The normalized spacial score (nSPS) is 14.9. The molecule has 1 aromatic heterocycles. The molecule has 1 heteroatoms. The van der Waals surface area contributed by atoms with E-state index in [1.54, 1.807) is 0 Å². The maximum Gasteiger partial charge on any atom is 0.0668 e. The van der Waals surface area contributed by atoms with Gasteiger partial charge in [-0.2, -0.15) is 0 Å². The molecule has 18 heavy (non-hydrogen) atoms. The van der Waals surface area contributed by atoms with Crippen LogP contribution in [0.25, 0.3) is 5.57 Å². The summed E-state index contributed by atoms with van der Waals surface area (Å²) in [6, 6.07) is 6.45. The number of hydrogen-bond acceptors (Lipinski definition) is 1. The average Bonchev–Trinajstić information content (AvgIpc) is 2.81. The molecular weight excluding hydrogens is 218 g/mol. The molecule has 0 unspecified atom stereocenters. The van der Waals surface area contributed by atoms with Crippen molar-refractivity contribution in [1.29, 1.82) is 0 Å². The molecule has 2 rings (SSSR count). The second-order valence-corrected chi connectivity index (χ2v) is 5.79. The summed E-state index contributed by atoms with van der Waals surface area (Å²) in [7, 11) is 0. The zero-order valence-electron chi connectivity index (χ0n) is 11.9. The van der Waals surface area contributed by atoms with Crippen LogP contribution in [0.1, 0.15) is 51.4 Å². The second-order valence-electron chi connectivity index (χ2n) is 5.79. The van der Waals surface area contributed by atoms with Crippen LogP contribution in [0, 0.1) is 11.8 Å². The van der Waals surface area contributed by atoms with Crippen LogP contribution >= 0.6 is 0 Å². The predicted molar refractivity (Wildman–Crippen MR) is 78.4 cm³/mol. The van der Waals surface area contributed by atoms with Gasteiger partial charge in [0.1, 0.15) is 0 Å². The lowest BCUT2D eigenvalue weighted by Crippen LogP contribution is -2.15. The predicted octanol–water partition coefficient (Wildman–Crippen LogP) is 4.82. The van der Waals surface area contributed by atoms with Crippen molar-refractivity contribution in [2.24, 2.45) is 11.8 Å². The summed E-state index contributed by atoms with van der Waals surface area (Å²) in [6.07, 6.45) is 7.49. The van der Waals surface area contributed by atoms with E-state index in [1.165, 1.54) is 11.3 Å². The van der Waals surface area contributed by atoms with Gasteiger partial charge in [0.2, 0.25) is 0 Å². The van der Waals surface area contributed by atoms with Crippen LogP contribution in [-0.4, -0.2) is 4.98 Å². The standard InChI is InChI=1S/C17H23N/c1-12(2)17(13(3)4)16-11-7-10-15(18-16)14-8-5-6-9-14/h5-8,10-13,17H,9H2,1-4H3. The van der Waals surface area contributed by atoms with Crippen molar-refractivity contribution in [3.05, 3.63) is 47.8 Å². The molecule has 1 aromatic rings. The highest BCUT2D eigenvalue weighted by Gasteiger charge is 2.21. The van der Waals surface area contributed by atoms with Crippen LogP contribution in [0.5, 0.6) is 0 Å².